The van der Waals surface area contributed by atoms with Gasteiger partial charge in [-0.25, -0.2) is 0 Å². The fraction of sp³-hybridized carbons (Fsp3) is 1.00. The minimum Gasteiger partial charge on any atom is -0.368 e. The van der Waals surface area contributed by atoms with Crippen LogP contribution in [0.4, 0.5) is 0 Å². The first-order valence-corrected chi connectivity index (χ1v) is 6.68. The standard InChI is InChI=1S/C14H29NO/c1-11(2)12-6-8-14(10-15,9-7-12)16-13(3,4)5/h11-12H,6-10,15H2,1-5H3. The Balaban J connectivity index is 2.58. The van der Waals surface area contributed by atoms with Crippen LogP contribution in [0.1, 0.15) is 60.3 Å². The fourth-order valence-electron chi connectivity index (χ4n) is 2.83. The van der Waals surface area contributed by atoms with Crippen LogP contribution in [-0.2, 0) is 4.74 Å². The molecule has 0 heterocycles. The summed E-state index contributed by atoms with van der Waals surface area (Å²) >= 11 is 0. The molecule has 2 heteroatoms. The van der Waals surface area contributed by atoms with Crippen LogP contribution in [0.2, 0.25) is 0 Å². The Morgan fingerprint density at radius 3 is 2.06 bits per heavy atom. The Labute approximate surface area is 101 Å². The van der Waals surface area contributed by atoms with Gasteiger partial charge in [0.25, 0.3) is 0 Å². The largest absolute Gasteiger partial charge is 0.368 e. The molecule has 0 bridgehead atoms. The Kier molecular flexibility index (Phi) is 4.42. The van der Waals surface area contributed by atoms with Crippen molar-refractivity contribution in [1.82, 2.24) is 0 Å². The van der Waals surface area contributed by atoms with Crippen LogP contribution in [-0.4, -0.2) is 17.7 Å². The van der Waals surface area contributed by atoms with E-state index in [0.29, 0.717) is 6.54 Å². The summed E-state index contributed by atoms with van der Waals surface area (Å²) < 4.78 is 6.22. The summed E-state index contributed by atoms with van der Waals surface area (Å²) in [7, 11) is 0. The maximum atomic E-state index is 6.22. The third kappa shape index (κ3) is 3.74. The van der Waals surface area contributed by atoms with Crippen molar-refractivity contribution in [2.45, 2.75) is 71.5 Å². The fourth-order valence-corrected chi connectivity index (χ4v) is 2.83. The average Bonchev–Trinajstić information content (AvgIpc) is 2.16. The molecule has 2 N–H and O–H groups in total. The Morgan fingerprint density at radius 1 is 1.25 bits per heavy atom. The van der Waals surface area contributed by atoms with Gasteiger partial charge in [0, 0.05) is 6.54 Å². The highest BCUT2D eigenvalue weighted by molar-refractivity contribution is 4.90. The van der Waals surface area contributed by atoms with E-state index >= 15 is 0 Å². The minimum absolute atomic E-state index is 0.0519. The van der Waals surface area contributed by atoms with Crippen LogP contribution in [0, 0.1) is 11.8 Å². The molecule has 0 atom stereocenters. The normalized spacial score (nSPS) is 32.1. The predicted molar refractivity (Wildman–Crippen MR) is 69.4 cm³/mol. The summed E-state index contributed by atoms with van der Waals surface area (Å²) in [6.07, 6.45) is 4.79. The second-order valence-electron chi connectivity index (χ2n) is 6.68. The number of ether oxygens (including phenoxy) is 1. The van der Waals surface area contributed by atoms with E-state index in [-0.39, 0.29) is 11.2 Å². The second-order valence-corrected chi connectivity index (χ2v) is 6.68. The zero-order valence-corrected chi connectivity index (χ0v) is 11.7. The molecule has 1 fully saturated rings. The molecule has 16 heavy (non-hydrogen) atoms. The van der Waals surface area contributed by atoms with Crippen molar-refractivity contribution in [1.29, 1.82) is 0 Å². The summed E-state index contributed by atoms with van der Waals surface area (Å²) in [6, 6.07) is 0. The third-order valence-electron chi connectivity index (χ3n) is 3.78. The minimum atomic E-state index is -0.0793. The van der Waals surface area contributed by atoms with E-state index < -0.39 is 0 Å². The summed E-state index contributed by atoms with van der Waals surface area (Å²) in [6.45, 7) is 11.7. The van der Waals surface area contributed by atoms with E-state index in [0.717, 1.165) is 24.7 Å². The van der Waals surface area contributed by atoms with Crippen LogP contribution in [0.3, 0.4) is 0 Å². The summed E-state index contributed by atoms with van der Waals surface area (Å²) in [5.41, 5.74) is 5.81. The zero-order valence-electron chi connectivity index (χ0n) is 11.7. The van der Waals surface area contributed by atoms with Gasteiger partial charge in [-0.15, -0.1) is 0 Å². The zero-order chi connectivity index (χ0) is 12.4. The quantitative estimate of drug-likeness (QED) is 0.802. The van der Waals surface area contributed by atoms with Gasteiger partial charge < -0.3 is 10.5 Å². The first-order valence-electron chi connectivity index (χ1n) is 6.68. The molecule has 1 saturated carbocycles. The summed E-state index contributed by atoms with van der Waals surface area (Å²) in [5.74, 6) is 1.66. The van der Waals surface area contributed by atoms with E-state index in [1.807, 2.05) is 0 Å². The van der Waals surface area contributed by atoms with Crippen LogP contribution < -0.4 is 5.73 Å². The molecule has 0 amide bonds. The van der Waals surface area contributed by atoms with Gasteiger partial charge in [-0.2, -0.15) is 0 Å². The van der Waals surface area contributed by atoms with Gasteiger partial charge >= 0.3 is 0 Å². The smallest absolute Gasteiger partial charge is 0.0811 e. The van der Waals surface area contributed by atoms with Gasteiger partial charge in [-0.05, 0) is 58.3 Å². The highest BCUT2D eigenvalue weighted by atomic mass is 16.5. The van der Waals surface area contributed by atoms with Crippen molar-refractivity contribution < 1.29 is 4.74 Å². The molecule has 2 nitrogen and oxygen atoms in total. The molecule has 0 aromatic carbocycles. The summed E-state index contributed by atoms with van der Waals surface area (Å²) in [5, 5.41) is 0. The second kappa shape index (κ2) is 5.05. The monoisotopic (exact) mass is 227 g/mol. The average molecular weight is 227 g/mol. The molecule has 1 rings (SSSR count). The molecule has 1 aliphatic rings. The molecule has 0 radical (unpaired) electrons. The van der Waals surface area contributed by atoms with E-state index in [1.54, 1.807) is 0 Å². The highest BCUT2D eigenvalue weighted by Gasteiger charge is 2.38. The van der Waals surface area contributed by atoms with Crippen LogP contribution in [0.5, 0.6) is 0 Å². The van der Waals surface area contributed by atoms with Crippen LogP contribution >= 0.6 is 0 Å². The van der Waals surface area contributed by atoms with Crippen molar-refractivity contribution >= 4 is 0 Å². The number of hydrogen-bond donors (Lipinski definition) is 1. The van der Waals surface area contributed by atoms with Gasteiger partial charge in [0.05, 0.1) is 11.2 Å². The molecular weight excluding hydrogens is 198 g/mol. The van der Waals surface area contributed by atoms with Gasteiger partial charge in [-0.3, -0.25) is 0 Å². The van der Waals surface area contributed by atoms with Gasteiger partial charge in [0.1, 0.15) is 0 Å². The maximum Gasteiger partial charge on any atom is 0.0811 e. The van der Waals surface area contributed by atoms with Gasteiger partial charge in [0.15, 0.2) is 0 Å². The van der Waals surface area contributed by atoms with Crippen LogP contribution in [0.25, 0.3) is 0 Å². The van der Waals surface area contributed by atoms with Crippen molar-refractivity contribution in [3.63, 3.8) is 0 Å². The topological polar surface area (TPSA) is 35.2 Å². The Hall–Kier alpha value is -0.0800. The maximum absolute atomic E-state index is 6.22. The van der Waals surface area contributed by atoms with Crippen molar-refractivity contribution in [2.75, 3.05) is 6.54 Å². The number of hydrogen-bond acceptors (Lipinski definition) is 2. The molecule has 0 spiro atoms. The molecule has 1 aliphatic carbocycles. The van der Waals surface area contributed by atoms with E-state index in [4.69, 9.17) is 10.5 Å². The van der Waals surface area contributed by atoms with Gasteiger partial charge in [-0.1, -0.05) is 13.8 Å². The molecule has 0 aliphatic heterocycles. The first-order chi connectivity index (χ1) is 7.28. The van der Waals surface area contributed by atoms with Crippen molar-refractivity contribution in [2.24, 2.45) is 17.6 Å². The SMILES string of the molecule is CC(C)C1CCC(CN)(OC(C)(C)C)CC1. The lowest BCUT2D eigenvalue weighted by atomic mass is 9.74. The lowest BCUT2D eigenvalue weighted by Crippen LogP contribution is -2.48. The highest BCUT2D eigenvalue weighted by Crippen LogP contribution is 2.39. The number of nitrogens with two attached hydrogens (primary N) is 1. The molecule has 0 aromatic rings. The van der Waals surface area contributed by atoms with Crippen molar-refractivity contribution in [3.05, 3.63) is 0 Å². The van der Waals surface area contributed by atoms with Crippen molar-refractivity contribution in [3.8, 4) is 0 Å². The van der Waals surface area contributed by atoms with E-state index in [1.165, 1.54) is 12.8 Å². The Bertz CT molecular complexity index is 209. The lowest BCUT2D eigenvalue weighted by molar-refractivity contribution is -0.149. The molecule has 96 valence electrons. The molecule has 0 unspecified atom stereocenters. The van der Waals surface area contributed by atoms with Gasteiger partial charge in [0.2, 0.25) is 0 Å². The van der Waals surface area contributed by atoms with E-state index in [9.17, 15) is 0 Å². The lowest BCUT2D eigenvalue weighted by Gasteiger charge is -2.44. The number of rotatable bonds is 3. The molecular formula is C14H29NO. The third-order valence-corrected chi connectivity index (χ3v) is 3.78. The van der Waals surface area contributed by atoms with Crippen LogP contribution in [0.15, 0.2) is 0 Å². The summed E-state index contributed by atoms with van der Waals surface area (Å²) in [4.78, 5) is 0. The Morgan fingerprint density at radius 2 is 1.75 bits per heavy atom. The molecule has 0 aromatic heterocycles. The first kappa shape index (κ1) is 14.0. The molecule has 0 saturated heterocycles. The predicted octanol–water partition coefficient (Wildman–Crippen LogP) is 3.35. The van der Waals surface area contributed by atoms with E-state index in [2.05, 4.69) is 34.6 Å².